The fourth-order valence-corrected chi connectivity index (χ4v) is 8.03. The molecule has 0 aromatic heterocycles. The van der Waals surface area contributed by atoms with Crippen molar-refractivity contribution in [3.63, 3.8) is 0 Å². The van der Waals surface area contributed by atoms with Crippen LogP contribution in [0.25, 0.3) is 0 Å². The Morgan fingerprint density at radius 3 is 2.08 bits per heavy atom. The Kier molecular flexibility index (Phi) is 10.2. The number of hydrogen-bond donors (Lipinski definition) is 5. The van der Waals surface area contributed by atoms with Gasteiger partial charge < -0.3 is 16.0 Å². The van der Waals surface area contributed by atoms with Crippen molar-refractivity contribution < 1.29 is 22.8 Å². The third-order valence-electron chi connectivity index (χ3n) is 9.72. The summed E-state index contributed by atoms with van der Waals surface area (Å²) in [5.41, 5.74) is 2.19. The van der Waals surface area contributed by atoms with Gasteiger partial charge in [-0.25, -0.2) is 5.43 Å². The average Bonchev–Trinajstić information content (AvgIpc) is 3.36. The van der Waals surface area contributed by atoms with Crippen molar-refractivity contribution in [2.24, 2.45) is 23.2 Å². The van der Waals surface area contributed by atoms with Gasteiger partial charge in [-0.2, -0.15) is 18.0 Å². The van der Waals surface area contributed by atoms with Crippen LogP contribution in [0.4, 0.5) is 13.2 Å². The summed E-state index contributed by atoms with van der Waals surface area (Å²) < 4.78 is 43.1. The topological polar surface area (TPSA) is 94.3 Å². The monoisotopic (exact) mass is 575 g/mol. The van der Waals surface area contributed by atoms with Crippen molar-refractivity contribution >= 4 is 23.8 Å². The summed E-state index contributed by atoms with van der Waals surface area (Å²) in [5.74, 6) is -2.34. The number of piperidine rings is 1. The van der Waals surface area contributed by atoms with Gasteiger partial charge in [0.15, 0.2) is 0 Å². The highest BCUT2D eigenvalue weighted by molar-refractivity contribution is 7.98. The lowest BCUT2D eigenvalue weighted by molar-refractivity contribution is -0.210. The molecule has 2 saturated carbocycles. The van der Waals surface area contributed by atoms with Crippen LogP contribution >= 0.6 is 11.9 Å². The van der Waals surface area contributed by atoms with Crippen LogP contribution in [0.5, 0.6) is 0 Å². The summed E-state index contributed by atoms with van der Waals surface area (Å²) in [6.07, 6.45) is 6.01. The molecule has 5 N–H and O–H groups in total. The van der Waals surface area contributed by atoms with Gasteiger partial charge in [-0.1, -0.05) is 59.3 Å². The molecule has 2 amide bonds. The van der Waals surface area contributed by atoms with Crippen LogP contribution in [-0.2, 0) is 9.59 Å². The molecule has 224 valence electrons. The third kappa shape index (κ3) is 7.83. The number of halogens is 3. The molecule has 2 aliphatic carbocycles. The lowest BCUT2D eigenvalue weighted by atomic mass is 9.69. The van der Waals surface area contributed by atoms with Crippen LogP contribution in [0.1, 0.15) is 104 Å². The molecule has 11 heteroatoms. The maximum Gasteiger partial charge on any atom is 0.393 e. The van der Waals surface area contributed by atoms with Gasteiger partial charge in [-0.05, 0) is 68.2 Å². The predicted molar refractivity (Wildman–Crippen MR) is 148 cm³/mol. The smallest absolute Gasteiger partial charge is 0.352 e. The Hall–Kier alpha value is -1.04. The molecule has 4 fully saturated rings. The molecule has 2 aliphatic heterocycles. The van der Waals surface area contributed by atoms with Crippen molar-refractivity contribution in [1.82, 2.24) is 26.2 Å². The van der Waals surface area contributed by atoms with E-state index in [1.807, 2.05) is 0 Å². The maximum absolute atomic E-state index is 14.4. The molecular formula is C28H48F3N5O2S. The summed E-state index contributed by atoms with van der Waals surface area (Å²) >= 11 is 1.18. The molecule has 4 unspecified atom stereocenters. The van der Waals surface area contributed by atoms with Crippen LogP contribution in [0, 0.1) is 23.2 Å². The zero-order valence-electron chi connectivity index (χ0n) is 23.7. The van der Waals surface area contributed by atoms with Crippen LogP contribution in [0.3, 0.4) is 0 Å². The molecule has 0 aromatic carbocycles. The number of amides is 2. The van der Waals surface area contributed by atoms with Gasteiger partial charge in [-0.3, -0.25) is 9.59 Å². The van der Waals surface area contributed by atoms with Crippen molar-refractivity contribution in [1.29, 1.82) is 0 Å². The molecular weight excluding hydrogens is 527 g/mol. The minimum absolute atomic E-state index is 0.0964. The van der Waals surface area contributed by atoms with E-state index in [0.717, 1.165) is 64.2 Å². The number of alkyl halides is 3. The van der Waals surface area contributed by atoms with Gasteiger partial charge in [0.1, 0.15) is 11.4 Å². The van der Waals surface area contributed by atoms with Crippen LogP contribution in [-0.4, -0.2) is 47.5 Å². The van der Waals surface area contributed by atoms with Crippen LogP contribution in [0.15, 0.2) is 0 Å². The zero-order valence-corrected chi connectivity index (χ0v) is 24.5. The minimum atomic E-state index is -4.38. The van der Waals surface area contributed by atoms with Crippen molar-refractivity contribution in [3.05, 3.63) is 0 Å². The summed E-state index contributed by atoms with van der Waals surface area (Å²) in [4.78, 5) is 29.2. The van der Waals surface area contributed by atoms with E-state index in [2.05, 4.69) is 47.0 Å². The molecule has 0 radical (unpaired) electrons. The Bertz CT molecular complexity index is 834. The molecule has 39 heavy (non-hydrogen) atoms. The fourth-order valence-electron chi connectivity index (χ4n) is 7.20. The molecule has 2 heterocycles. The highest BCUT2D eigenvalue weighted by Crippen LogP contribution is 2.47. The fraction of sp³-hybridized carbons (Fsp3) is 0.929. The SMILES string of the molecule is CC(C)(C)C1CCC(NC(=O)C2NNSC2NC(=O)C2CNC3(CCCCCCCC3)C(C(F)(F)F)C2)CC1. The molecule has 4 aliphatic rings. The van der Waals surface area contributed by atoms with E-state index < -0.39 is 40.9 Å². The van der Waals surface area contributed by atoms with Gasteiger partial charge in [0, 0.05) is 18.1 Å². The standard InChI is InChI=1S/C28H48F3N5O2S/c1-26(2,3)19-10-12-20(13-11-19)33-24(38)22-25(39-36-35-22)34-23(37)18-16-21(28(29,30)31)27(32-17-18)14-8-6-4-5-7-9-15-27/h18-22,25,32,35-36H,4-17H2,1-3H3,(H,33,38)(H,34,37). The third-order valence-corrected chi connectivity index (χ3v) is 10.6. The molecule has 0 aromatic rings. The van der Waals surface area contributed by atoms with Crippen molar-refractivity contribution in [2.75, 3.05) is 6.54 Å². The van der Waals surface area contributed by atoms with Crippen molar-refractivity contribution in [2.45, 2.75) is 133 Å². The lowest BCUT2D eigenvalue weighted by Gasteiger charge is -2.48. The maximum atomic E-state index is 14.4. The first-order valence-corrected chi connectivity index (χ1v) is 15.9. The quantitative estimate of drug-likeness (QED) is 0.305. The van der Waals surface area contributed by atoms with Gasteiger partial charge in [0.2, 0.25) is 11.8 Å². The summed E-state index contributed by atoms with van der Waals surface area (Å²) in [5, 5.41) is 8.64. The first kappa shape index (κ1) is 30.9. The second kappa shape index (κ2) is 12.9. The highest BCUT2D eigenvalue weighted by atomic mass is 32.2. The van der Waals surface area contributed by atoms with E-state index in [9.17, 15) is 22.8 Å². The number of hydrazine groups is 1. The van der Waals surface area contributed by atoms with E-state index >= 15 is 0 Å². The van der Waals surface area contributed by atoms with Gasteiger partial charge in [0.05, 0.1) is 11.8 Å². The van der Waals surface area contributed by atoms with Crippen LogP contribution in [0.2, 0.25) is 0 Å². The molecule has 1 spiro atoms. The molecule has 4 rings (SSSR count). The number of nitrogens with one attached hydrogen (secondary N) is 5. The van der Waals surface area contributed by atoms with E-state index in [0.29, 0.717) is 18.8 Å². The van der Waals surface area contributed by atoms with Crippen molar-refractivity contribution in [3.8, 4) is 0 Å². The molecule has 4 atom stereocenters. The molecule has 7 nitrogen and oxygen atoms in total. The Balaban J connectivity index is 1.33. The van der Waals surface area contributed by atoms with Gasteiger partial charge in [0.25, 0.3) is 0 Å². The lowest BCUT2D eigenvalue weighted by Crippen LogP contribution is -2.63. The average molecular weight is 576 g/mol. The molecule has 2 saturated heterocycles. The van der Waals surface area contributed by atoms with E-state index in [1.165, 1.54) is 11.9 Å². The second-order valence-electron chi connectivity index (χ2n) is 13.4. The number of hydrogen-bond acceptors (Lipinski definition) is 6. The number of rotatable bonds is 4. The normalized spacial score (nSPS) is 34.5. The molecule has 0 bridgehead atoms. The first-order chi connectivity index (χ1) is 18.4. The predicted octanol–water partition coefficient (Wildman–Crippen LogP) is 4.94. The van der Waals surface area contributed by atoms with E-state index in [1.54, 1.807) is 0 Å². The van der Waals surface area contributed by atoms with E-state index in [4.69, 9.17) is 0 Å². The summed E-state index contributed by atoms with van der Waals surface area (Å²) in [6, 6.07) is -0.603. The zero-order chi connectivity index (χ0) is 28.3. The second-order valence-corrected chi connectivity index (χ2v) is 14.3. The first-order valence-electron chi connectivity index (χ1n) is 15.0. The largest absolute Gasteiger partial charge is 0.393 e. The van der Waals surface area contributed by atoms with Gasteiger partial charge >= 0.3 is 6.18 Å². The Morgan fingerprint density at radius 1 is 0.872 bits per heavy atom. The summed E-state index contributed by atoms with van der Waals surface area (Å²) in [6.45, 7) is 7.00. The Morgan fingerprint density at radius 2 is 1.49 bits per heavy atom. The van der Waals surface area contributed by atoms with E-state index in [-0.39, 0.29) is 30.3 Å². The van der Waals surface area contributed by atoms with Gasteiger partial charge in [-0.15, -0.1) is 0 Å². The summed E-state index contributed by atoms with van der Waals surface area (Å²) in [7, 11) is 0. The minimum Gasteiger partial charge on any atom is -0.352 e. The number of carbonyl (C=O) groups is 2. The number of carbonyl (C=O) groups excluding carboxylic acids is 2. The Labute approximate surface area is 235 Å². The van der Waals surface area contributed by atoms with Crippen LogP contribution < -0.4 is 26.2 Å². The highest BCUT2D eigenvalue weighted by Gasteiger charge is 2.56.